The van der Waals surface area contributed by atoms with Gasteiger partial charge in [0, 0.05) is 5.02 Å². The number of hydrogen-bond donors (Lipinski definition) is 1. The van der Waals surface area contributed by atoms with E-state index in [2.05, 4.69) is 0 Å². The number of carboxylic acids is 1. The van der Waals surface area contributed by atoms with Gasteiger partial charge in [0.25, 0.3) is 0 Å². The van der Waals surface area contributed by atoms with E-state index in [1.807, 2.05) is 0 Å². The molecule has 0 saturated carbocycles. The summed E-state index contributed by atoms with van der Waals surface area (Å²) >= 11 is 5.76. The van der Waals surface area contributed by atoms with Gasteiger partial charge in [-0.15, -0.1) is 0 Å². The molecule has 0 aliphatic rings. The topological polar surface area (TPSA) is 37.3 Å². The second kappa shape index (κ2) is 5.67. The van der Waals surface area contributed by atoms with E-state index < -0.39 is 5.97 Å². The van der Waals surface area contributed by atoms with E-state index in [4.69, 9.17) is 11.6 Å². The first-order valence-electron chi connectivity index (χ1n) is 5.53. The van der Waals surface area contributed by atoms with Gasteiger partial charge >= 0.3 is 5.97 Å². The molecule has 0 unspecified atom stereocenters. The van der Waals surface area contributed by atoms with Gasteiger partial charge in [-0.2, -0.15) is 0 Å². The van der Waals surface area contributed by atoms with Crippen LogP contribution in [-0.4, -0.2) is 11.1 Å². The number of benzene rings is 2. The highest BCUT2D eigenvalue weighted by Gasteiger charge is 2.10. The average Bonchev–Trinajstić information content (AvgIpc) is 2.39. The van der Waals surface area contributed by atoms with E-state index >= 15 is 0 Å². The lowest BCUT2D eigenvalue weighted by atomic mass is 10.0. The van der Waals surface area contributed by atoms with Crippen molar-refractivity contribution < 1.29 is 14.3 Å². The molecule has 0 aromatic heterocycles. The standard InChI is InChI=1S/C15H10ClFO2/c16-12-5-3-11(4-6-12)14(15(18)19)9-10-1-7-13(17)8-2-10/h1-9H,(H,18,19)/b14-9+. The molecular weight excluding hydrogens is 267 g/mol. The van der Waals surface area contributed by atoms with Gasteiger partial charge in [0.2, 0.25) is 0 Å². The fourth-order valence-corrected chi connectivity index (χ4v) is 1.75. The van der Waals surface area contributed by atoms with Crippen molar-refractivity contribution in [2.75, 3.05) is 0 Å². The van der Waals surface area contributed by atoms with E-state index in [1.54, 1.807) is 24.3 Å². The van der Waals surface area contributed by atoms with Crippen molar-refractivity contribution >= 4 is 29.2 Å². The highest BCUT2D eigenvalue weighted by atomic mass is 35.5. The first-order valence-corrected chi connectivity index (χ1v) is 5.90. The second-order valence-corrected chi connectivity index (χ2v) is 4.36. The van der Waals surface area contributed by atoms with Crippen LogP contribution in [0.4, 0.5) is 4.39 Å². The van der Waals surface area contributed by atoms with Crippen molar-refractivity contribution in [3.05, 3.63) is 70.5 Å². The zero-order chi connectivity index (χ0) is 13.8. The maximum atomic E-state index is 12.8. The van der Waals surface area contributed by atoms with Gasteiger partial charge in [-0.05, 0) is 41.5 Å². The van der Waals surface area contributed by atoms with Gasteiger partial charge in [-0.25, -0.2) is 9.18 Å². The van der Waals surface area contributed by atoms with Crippen LogP contribution in [0.1, 0.15) is 11.1 Å². The van der Waals surface area contributed by atoms with Crippen molar-refractivity contribution in [1.29, 1.82) is 0 Å². The summed E-state index contributed by atoms with van der Waals surface area (Å²) in [6.07, 6.45) is 1.49. The van der Waals surface area contributed by atoms with Gasteiger partial charge in [0.05, 0.1) is 5.57 Å². The van der Waals surface area contributed by atoms with Crippen LogP contribution in [0.15, 0.2) is 48.5 Å². The van der Waals surface area contributed by atoms with Crippen molar-refractivity contribution in [3.8, 4) is 0 Å². The van der Waals surface area contributed by atoms with Gasteiger partial charge in [0.15, 0.2) is 0 Å². The summed E-state index contributed by atoms with van der Waals surface area (Å²) in [5.74, 6) is -1.41. The first-order chi connectivity index (χ1) is 9.06. The molecule has 0 heterocycles. The fraction of sp³-hybridized carbons (Fsp3) is 0. The van der Waals surface area contributed by atoms with Crippen LogP contribution in [0.2, 0.25) is 5.02 Å². The predicted molar refractivity (Wildman–Crippen MR) is 73.4 cm³/mol. The lowest BCUT2D eigenvalue weighted by Crippen LogP contribution is -1.99. The summed E-state index contributed by atoms with van der Waals surface area (Å²) < 4.78 is 12.8. The average molecular weight is 277 g/mol. The third kappa shape index (κ3) is 3.42. The van der Waals surface area contributed by atoms with Crippen LogP contribution in [0.25, 0.3) is 11.6 Å². The molecular formula is C15H10ClFO2. The highest BCUT2D eigenvalue weighted by molar-refractivity contribution is 6.30. The summed E-state index contributed by atoms with van der Waals surface area (Å²) in [4.78, 5) is 11.3. The second-order valence-electron chi connectivity index (χ2n) is 3.92. The Hall–Kier alpha value is -2.13. The number of carboxylic acid groups (broad SMARTS) is 1. The molecule has 0 atom stereocenters. The third-order valence-corrected chi connectivity index (χ3v) is 2.82. The normalized spacial score (nSPS) is 11.4. The van der Waals surface area contributed by atoms with Gasteiger partial charge in [-0.1, -0.05) is 35.9 Å². The lowest BCUT2D eigenvalue weighted by Gasteiger charge is -2.03. The quantitative estimate of drug-likeness (QED) is 0.677. The molecule has 19 heavy (non-hydrogen) atoms. The van der Waals surface area contributed by atoms with Crippen molar-refractivity contribution in [2.24, 2.45) is 0 Å². The van der Waals surface area contributed by atoms with E-state index in [0.717, 1.165) is 0 Å². The largest absolute Gasteiger partial charge is 0.478 e. The molecule has 0 radical (unpaired) electrons. The number of aliphatic carboxylic acids is 1. The minimum absolute atomic E-state index is 0.128. The molecule has 2 aromatic carbocycles. The van der Waals surface area contributed by atoms with Gasteiger partial charge in [0.1, 0.15) is 5.82 Å². The molecule has 4 heteroatoms. The Bertz CT molecular complexity index is 616. The number of hydrogen-bond acceptors (Lipinski definition) is 1. The van der Waals surface area contributed by atoms with E-state index in [1.165, 1.54) is 30.3 Å². The predicted octanol–water partition coefficient (Wildman–Crippen LogP) is 4.10. The van der Waals surface area contributed by atoms with E-state index in [-0.39, 0.29) is 11.4 Å². The molecule has 2 aromatic rings. The molecule has 2 rings (SSSR count). The highest BCUT2D eigenvalue weighted by Crippen LogP contribution is 2.21. The first kappa shape index (κ1) is 13.3. The van der Waals surface area contributed by atoms with Crippen molar-refractivity contribution in [1.82, 2.24) is 0 Å². The molecule has 0 bridgehead atoms. The summed E-state index contributed by atoms with van der Waals surface area (Å²) in [6.45, 7) is 0. The van der Waals surface area contributed by atoms with Crippen molar-refractivity contribution in [3.63, 3.8) is 0 Å². The number of halogens is 2. The Kier molecular flexibility index (Phi) is 3.97. The van der Waals surface area contributed by atoms with Gasteiger partial charge < -0.3 is 5.11 Å². The summed E-state index contributed by atoms with van der Waals surface area (Å²) in [5, 5.41) is 9.77. The molecule has 0 saturated heterocycles. The maximum Gasteiger partial charge on any atom is 0.336 e. The lowest BCUT2D eigenvalue weighted by molar-refractivity contribution is -0.130. The zero-order valence-electron chi connectivity index (χ0n) is 9.81. The fourth-order valence-electron chi connectivity index (χ4n) is 1.62. The molecule has 0 amide bonds. The van der Waals surface area contributed by atoms with Crippen LogP contribution in [0, 0.1) is 5.82 Å². The monoisotopic (exact) mass is 276 g/mol. The third-order valence-electron chi connectivity index (χ3n) is 2.57. The Labute approximate surface area is 114 Å². The minimum Gasteiger partial charge on any atom is -0.478 e. The minimum atomic E-state index is -1.05. The Morgan fingerprint density at radius 2 is 1.63 bits per heavy atom. The number of rotatable bonds is 3. The van der Waals surface area contributed by atoms with Crippen LogP contribution < -0.4 is 0 Å². The molecule has 0 aliphatic heterocycles. The SMILES string of the molecule is O=C(O)/C(=C/c1ccc(F)cc1)c1ccc(Cl)cc1. The summed E-state index contributed by atoms with van der Waals surface area (Å²) in [7, 11) is 0. The molecule has 0 fully saturated rings. The van der Waals surface area contributed by atoms with Crippen LogP contribution in [-0.2, 0) is 4.79 Å². The number of carbonyl (C=O) groups is 1. The van der Waals surface area contributed by atoms with E-state index in [0.29, 0.717) is 16.1 Å². The smallest absolute Gasteiger partial charge is 0.336 e. The van der Waals surface area contributed by atoms with Crippen LogP contribution >= 0.6 is 11.6 Å². The maximum absolute atomic E-state index is 12.8. The summed E-state index contributed by atoms with van der Waals surface area (Å²) in [6, 6.07) is 12.1. The Balaban J connectivity index is 2.43. The van der Waals surface area contributed by atoms with Crippen molar-refractivity contribution in [2.45, 2.75) is 0 Å². The van der Waals surface area contributed by atoms with E-state index in [9.17, 15) is 14.3 Å². The molecule has 0 spiro atoms. The molecule has 96 valence electrons. The van der Waals surface area contributed by atoms with Crippen LogP contribution in [0.5, 0.6) is 0 Å². The Morgan fingerprint density at radius 1 is 1.05 bits per heavy atom. The molecule has 0 aliphatic carbocycles. The molecule has 1 N–H and O–H groups in total. The van der Waals surface area contributed by atoms with Crippen LogP contribution in [0.3, 0.4) is 0 Å². The Morgan fingerprint density at radius 3 is 2.16 bits per heavy atom. The zero-order valence-corrected chi connectivity index (χ0v) is 10.6. The molecule has 2 nitrogen and oxygen atoms in total. The summed E-state index contributed by atoms with van der Waals surface area (Å²) in [5.41, 5.74) is 1.29. The van der Waals surface area contributed by atoms with Gasteiger partial charge in [-0.3, -0.25) is 0 Å².